The topological polar surface area (TPSA) is 52.6 Å². The summed E-state index contributed by atoms with van der Waals surface area (Å²) in [6.07, 6.45) is 4.00. The quantitative estimate of drug-likeness (QED) is 0.630. The number of carbonyl (C=O) groups is 2. The van der Waals surface area contributed by atoms with E-state index in [1.165, 1.54) is 7.11 Å². The summed E-state index contributed by atoms with van der Waals surface area (Å²) in [5.74, 6) is -0.491. The number of ketones is 1. The van der Waals surface area contributed by atoms with E-state index in [2.05, 4.69) is 0 Å². The number of benzene rings is 1. The molecule has 0 spiro atoms. The summed E-state index contributed by atoms with van der Waals surface area (Å²) in [4.78, 5) is 25.0. The third-order valence-corrected chi connectivity index (χ3v) is 4.28. The molecule has 2 aliphatic rings. The predicted octanol–water partition coefficient (Wildman–Crippen LogP) is 2.60. The van der Waals surface area contributed by atoms with E-state index in [-0.39, 0.29) is 11.7 Å². The van der Waals surface area contributed by atoms with E-state index < -0.39 is 11.4 Å². The van der Waals surface area contributed by atoms with Gasteiger partial charge in [-0.1, -0.05) is 30.3 Å². The van der Waals surface area contributed by atoms with Gasteiger partial charge in [0.25, 0.3) is 0 Å². The van der Waals surface area contributed by atoms with Gasteiger partial charge in [-0.3, -0.25) is 9.59 Å². The van der Waals surface area contributed by atoms with Crippen molar-refractivity contribution in [2.24, 2.45) is 5.41 Å². The van der Waals surface area contributed by atoms with Crippen LogP contribution in [0.4, 0.5) is 0 Å². The Morgan fingerprint density at radius 3 is 2.67 bits per heavy atom. The molecule has 110 valence electrons. The molecule has 0 amide bonds. The molecule has 0 N–H and O–H groups in total. The molecular weight excluding hydrogens is 268 g/mol. The molecule has 1 aromatic rings. The molecule has 0 aromatic heterocycles. The van der Waals surface area contributed by atoms with Crippen molar-refractivity contribution < 1.29 is 19.1 Å². The fourth-order valence-corrected chi connectivity index (χ4v) is 3.04. The Morgan fingerprint density at radius 1 is 1.29 bits per heavy atom. The van der Waals surface area contributed by atoms with E-state index in [0.717, 1.165) is 18.4 Å². The van der Waals surface area contributed by atoms with Crippen LogP contribution in [0.3, 0.4) is 0 Å². The Balaban J connectivity index is 1.92. The average molecular weight is 286 g/mol. The monoisotopic (exact) mass is 286 g/mol. The lowest BCUT2D eigenvalue weighted by atomic mass is 9.92. The van der Waals surface area contributed by atoms with Crippen LogP contribution in [0, 0.1) is 5.41 Å². The van der Waals surface area contributed by atoms with Crippen LogP contribution in [0.25, 0.3) is 0 Å². The van der Waals surface area contributed by atoms with Crippen LogP contribution in [0.2, 0.25) is 0 Å². The first-order valence-electron chi connectivity index (χ1n) is 7.21. The first-order valence-corrected chi connectivity index (χ1v) is 7.21. The molecule has 4 heteroatoms. The van der Waals surface area contributed by atoms with Crippen molar-refractivity contribution >= 4 is 11.8 Å². The minimum absolute atomic E-state index is 0.120. The predicted molar refractivity (Wildman–Crippen MR) is 76.5 cm³/mol. The normalized spacial score (nSPS) is 27.3. The molecule has 0 bridgehead atoms. The highest BCUT2D eigenvalue weighted by atomic mass is 16.5. The van der Waals surface area contributed by atoms with Gasteiger partial charge in [-0.15, -0.1) is 0 Å². The minimum atomic E-state index is -1.10. The fourth-order valence-electron chi connectivity index (χ4n) is 3.04. The van der Waals surface area contributed by atoms with Gasteiger partial charge in [-0.25, -0.2) is 0 Å². The van der Waals surface area contributed by atoms with Crippen molar-refractivity contribution in [1.29, 1.82) is 0 Å². The lowest BCUT2D eigenvalue weighted by molar-refractivity contribution is -0.151. The highest BCUT2D eigenvalue weighted by Gasteiger charge is 2.67. The van der Waals surface area contributed by atoms with Gasteiger partial charge in [0.05, 0.1) is 13.7 Å². The second-order valence-corrected chi connectivity index (χ2v) is 5.52. The first kappa shape index (κ1) is 13.9. The van der Waals surface area contributed by atoms with Crippen LogP contribution in [0.5, 0.6) is 0 Å². The van der Waals surface area contributed by atoms with Gasteiger partial charge in [-0.2, -0.15) is 0 Å². The maximum Gasteiger partial charge on any atom is 0.320 e. The van der Waals surface area contributed by atoms with Crippen LogP contribution in [-0.4, -0.2) is 25.5 Å². The van der Waals surface area contributed by atoms with Gasteiger partial charge < -0.3 is 9.47 Å². The van der Waals surface area contributed by atoms with Crippen molar-refractivity contribution in [2.45, 2.75) is 25.2 Å². The second kappa shape index (κ2) is 5.35. The van der Waals surface area contributed by atoms with E-state index in [0.29, 0.717) is 18.8 Å². The Hall–Kier alpha value is -2.10. The summed E-state index contributed by atoms with van der Waals surface area (Å²) >= 11 is 0. The van der Waals surface area contributed by atoms with E-state index >= 15 is 0 Å². The number of esters is 1. The molecule has 1 saturated carbocycles. The lowest BCUT2D eigenvalue weighted by Crippen LogP contribution is -2.31. The van der Waals surface area contributed by atoms with Gasteiger partial charge in [0.15, 0.2) is 5.76 Å². The lowest BCUT2D eigenvalue weighted by Gasteiger charge is -2.19. The number of hydrogen-bond acceptors (Lipinski definition) is 4. The number of rotatable bonds is 4. The number of hydrogen-bond donors (Lipinski definition) is 0. The zero-order valence-electron chi connectivity index (χ0n) is 12.0. The molecule has 2 atom stereocenters. The van der Waals surface area contributed by atoms with Gasteiger partial charge in [0.2, 0.25) is 5.78 Å². The molecule has 1 aliphatic carbocycles. The first-order chi connectivity index (χ1) is 10.2. The second-order valence-electron chi connectivity index (χ2n) is 5.52. The van der Waals surface area contributed by atoms with Crippen LogP contribution in [0.15, 0.2) is 42.2 Å². The van der Waals surface area contributed by atoms with Crippen LogP contribution < -0.4 is 0 Å². The Kier molecular flexibility index (Phi) is 3.53. The van der Waals surface area contributed by atoms with Crippen molar-refractivity contribution in [1.82, 2.24) is 0 Å². The summed E-state index contributed by atoms with van der Waals surface area (Å²) in [6.45, 7) is 0.533. The van der Waals surface area contributed by atoms with Gasteiger partial charge in [-0.05, 0) is 30.9 Å². The summed E-state index contributed by atoms with van der Waals surface area (Å²) in [6, 6.07) is 9.63. The maximum atomic E-state index is 12.8. The van der Waals surface area contributed by atoms with Crippen molar-refractivity contribution in [2.75, 3.05) is 13.7 Å². The molecule has 3 rings (SSSR count). The fraction of sp³-hybridized carbons (Fsp3) is 0.412. The van der Waals surface area contributed by atoms with E-state index in [4.69, 9.17) is 9.47 Å². The Bertz CT molecular complexity index is 590. The number of methoxy groups -OCH3 is 1. The molecule has 1 aliphatic heterocycles. The van der Waals surface area contributed by atoms with E-state index in [9.17, 15) is 9.59 Å². The van der Waals surface area contributed by atoms with E-state index in [1.807, 2.05) is 30.3 Å². The van der Waals surface area contributed by atoms with E-state index in [1.54, 1.807) is 6.08 Å². The van der Waals surface area contributed by atoms with Crippen molar-refractivity contribution in [3.63, 3.8) is 0 Å². The largest absolute Gasteiger partial charge is 0.490 e. The zero-order chi connectivity index (χ0) is 14.9. The number of allylic oxidation sites excluding steroid dienone is 2. The molecule has 0 radical (unpaired) electrons. The molecule has 4 nitrogen and oxygen atoms in total. The standard InChI is InChI=1S/C17H18O4/c1-20-16(19)17(15(18)14-9-5-6-10-21-14)11-13(17)12-7-3-2-4-8-12/h2-4,7-9,13H,5-6,10-11H2,1H3. The smallest absolute Gasteiger partial charge is 0.320 e. The molecule has 1 heterocycles. The molecule has 2 unspecified atom stereocenters. The molecule has 1 aromatic carbocycles. The maximum absolute atomic E-state index is 12.8. The zero-order valence-corrected chi connectivity index (χ0v) is 12.0. The summed E-state index contributed by atoms with van der Waals surface area (Å²) < 4.78 is 10.3. The SMILES string of the molecule is COC(=O)C1(C(=O)C2=CCCCO2)CC1c1ccccc1. The van der Waals surface area contributed by atoms with Crippen LogP contribution in [0.1, 0.15) is 30.7 Å². The van der Waals surface area contributed by atoms with Gasteiger partial charge in [0.1, 0.15) is 5.41 Å². The number of carbonyl (C=O) groups excluding carboxylic acids is 2. The van der Waals surface area contributed by atoms with Crippen molar-refractivity contribution in [3.05, 3.63) is 47.7 Å². The van der Waals surface area contributed by atoms with Crippen LogP contribution in [-0.2, 0) is 19.1 Å². The third-order valence-electron chi connectivity index (χ3n) is 4.28. The average Bonchev–Trinajstić information content (AvgIpc) is 3.32. The number of ether oxygens (including phenoxy) is 2. The Morgan fingerprint density at radius 2 is 2.05 bits per heavy atom. The minimum Gasteiger partial charge on any atom is -0.490 e. The van der Waals surface area contributed by atoms with Crippen LogP contribution >= 0.6 is 0 Å². The highest BCUT2D eigenvalue weighted by molar-refractivity contribution is 6.15. The number of Topliss-reactive ketones (excluding diaryl/α,β-unsaturated/α-hetero) is 1. The molecule has 1 fully saturated rings. The molecule has 21 heavy (non-hydrogen) atoms. The molecule has 0 saturated heterocycles. The molecular formula is C17H18O4. The summed E-state index contributed by atoms with van der Waals surface area (Å²) in [7, 11) is 1.33. The van der Waals surface area contributed by atoms with Crippen molar-refractivity contribution in [3.8, 4) is 0 Å². The van der Waals surface area contributed by atoms with Gasteiger partial charge >= 0.3 is 5.97 Å². The highest BCUT2D eigenvalue weighted by Crippen LogP contribution is 2.61. The summed E-state index contributed by atoms with van der Waals surface area (Å²) in [5, 5.41) is 0. The van der Waals surface area contributed by atoms with Gasteiger partial charge in [0, 0.05) is 5.92 Å². The summed E-state index contributed by atoms with van der Waals surface area (Å²) in [5.41, 5.74) is -0.105. The Labute approximate surface area is 123 Å². The third kappa shape index (κ3) is 2.24.